The van der Waals surface area contributed by atoms with E-state index in [1.54, 1.807) is 0 Å². The number of anilines is 1. The Labute approximate surface area is 117 Å². The molecule has 3 nitrogen and oxygen atoms in total. The number of halogens is 3. The summed E-state index contributed by atoms with van der Waals surface area (Å²) in [6.07, 6.45) is 3.28. The third-order valence-electron chi connectivity index (χ3n) is 3.37. The molecule has 1 amide bonds. The van der Waals surface area contributed by atoms with Crippen molar-refractivity contribution in [3.63, 3.8) is 0 Å². The van der Waals surface area contributed by atoms with Gasteiger partial charge in [0, 0.05) is 24.2 Å². The first-order valence-electron chi connectivity index (χ1n) is 6.07. The molecule has 0 saturated heterocycles. The number of rotatable bonds is 3. The van der Waals surface area contributed by atoms with Gasteiger partial charge in [-0.05, 0) is 30.9 Å². The second kappa shape index (κ2) is 6.82. The fourth-order valence-corrected chi connectivity index (χ4v) is 2.34. The maximum absolute atomic E-state index is 13.0. The molecule has 0 heterocycles. The zero-order valence-corrected chi connectivity index (χ0v) is 11.2. The molecule has 1 fully saturated rings. The van der Waals surface area contributed by atoms with Crippen molar-refractivity contribution >= 4 is 24.0 Å². The predicted molar refractivity (Wildman–Crippen MR) is 72.2 cm³/mol. The number of nitrogens with two attached hydrogens (primary N) is 1. The molecule has 3 N–H and O–H groups in total. The predicted octanol–water partition coefficient (Wildman–Crippen LogP) is 2.84. The summed E-state index contributed by atoms with van der Waals surface area (Å²) in [6.45, 7) is 0. The molecule has 106 valence electrons. The number of hydrogen-bond donors (Lipinski definition) is 2. The van der Waals surface area contributed by atoms with Crippen molar-refractivity contribution in [1.82, 2.24) is 0 Å². The molecule has 19 heavy (non-hydrogen) atoms. The van der Waals surface area contributed by atoms with E-state index in [4.69, 9.17) is 5.73 Å². The molecule has 1 aliphatic carbocycles. The van der Waals surface area contributed by atoms with Crippen LogP contribution < -0.4 is 11.1 Å². The van der Waals surface area contributed by atoms with Gasteiger partial charge >= 0.3 is 0 Å². The van der Waals surface area contributed by atoms with Gasteiger partial charge in [-0.15, -0.1) is 12.4 Å². The third-order valence-corrected chi connectivity index (χ3v) is 3.37. The number of carbonyl (C=O) groups excluding carboxylic acids is 1. The van der Waals surface area contributed by atoms with Crippen molar-refractivity contribution in [2.75, 3.05) is 5.32 Å². The topological polar surface area (TPSA) is 55.1 Å². The highest BCUT2D eigenvalue weighted by Crippen LogP contribution is 2.27. The van der Waals surface area contributed by atoms with Crippen molar-refractivity contribution in [2.45, 2.75) is 31.7 Å². The molecule has 0 spiro atoms. The average Bonchev–Trinajstić information content (AvgIpc) is 2.70. The lowest BCUT2D eigenvalue weighted by Gasteiger charge is -2.14. The smallest absolute Gasteiger partial charge is 0.224 e. The minimum atomic E-state index is -0.967. The molecule has 2 rings (SSSR count). The highest BCUT2D eigenvalue weighted by molar-refractivity contribution is 5.90. The van der Waals surface area contributed by atoms with Gasteiger partial charge in [0.1, 0.15) is 0 Å². The van der Waals surface area contributed by atoms with Crippen LogP contribution in [-0.4, -0.2) is 11.9 Å². The highest BCUT2D eigenvalue weighted by atomic mass is 35.5. The zero-order valence-electron chi connectivity index (χ0n) is 10.4. The van der Waals surface area contributed by atoms with Crippen molar-refractivity contribution < 1.29 is 13.6 Å². The number of carbonyl (C=O) groups is 1. The maximum Gasteiger partial charge on any atom is 0.224 e. The van der Waals surface area contributed by atoms with Crippen LogP contribution in [0.25, 0.3) is 0 Å². The highest BCUT2D eigenvalue weighted by Gasteiger charge is 2.26. The van der Waals surface area contributed by atoms with Crippen molar-refractivity contribution in [2.24, 2.45) is 11.7 Å². The van der Waals surface area contributed by atoms with Gasteiger partial charge in [-0.1, -0.05) is 6.42 Å². The third kappa shape index (κ3) is 4.14. The largest absolute Gasteiger partial charge is 0.327 e. The lowest BCUT2D eigenvalue weighted by Crippen LogP contribution is -2.28. The van der Waals surface area contributed by atoms with E-state index in [-0.39, 0.29) is 36.0 Å². The summed E-state index contributed by atoms with van der Waals surface area (Å²) < 4.78 is 25.7. The van der Waals surface area contributed by atoms with E-state index < -0.39 is 11.6 Å². The standard InChI is InChI=1S/C13H16F2N2O.ClH/c14-10-5-4-9(7-11(10)15)17-13(18)6-8-2-1-3-12(8)16;/h4-5,7-8,12H,1-3,6,16H2,(H,17,18);1H/t8-,12+;/m0./s1. The number of benzene rings is 1. The Bertz CT molecular complexity index is 456. The van der Waals surface area contributed by atoms with Crippen molar-refractivity contribution in [3.05, 3.63) is 29.8 Å². The second-order valence-electron chi connectivity index (χ2n) is 4.74. The van der Waals surface area contributed by atoms with Gasteiger partial charge in [-0.2, -0.15) is 0 Å². The van der Waals surface area contributed by atoms with Gasteiger partial charge in [0.2, 0.25) is 5.91 Å². The normalized spacial score (nSPS) is 21.8. The molecule has 0 aromatic heterocycles. The first kappa shape index (κ1) is 15.9. The molecule has 1 aromatic carbocycles. The van der Waals surface area contributed by atoms with Gasteiger partial charge in [0.15, 0.2) is 11.6 Å². The summed E-state index contributed by atoms with van der Waals surface area (Å²) in [5.41, 5.74) is 6.14. The lowest BCUT2D eigenvalue weighted by molar-refractivity contribution is -0.117. The lowest BCUT2D eigenvalue weighted by atomic mass is 10.00. The van der Waals surface area contributed by atoms with Crippen LogP contribution >= 0.6 is 12.4 Å². The Balaban J connectivity index is 0.00000180. The molecule has 2 atom stereocenters. The van der Waals surface area contributed by atoms with E-state index in [0.29, 0.717) is 6.42 Å². The monoisotopic (exact) mass is 290 g/mol. The SMILES string of the molecule is Cl.N[C@@H]1CCC[C@H]1CC(=O)Nc1ccc(F)c(F)c1. The summed E-state index contributed by atoms with van der Waals surface area (Å²) in [5.74, 6) is -1.91. The Morgan fingerprint density at radius 3 is 2.63 bits per heavy atom. The Hall–Kier alpha value is -1.20. The van der Waals surface area contributed by atoms with Crippen LogP contribution in [-0.2, 0) is 4.79 Å². The van der Waals surface area contributed by atoms with E-state index in [1.807, 2.05) is 0 Å². The van der Waals surface area contributed by atoms with Crippen LogP contribution in [0.4, 0.5) is 14.5 Å². The fraction of sp³-hybridized carbons (Fsp3) is 0.462. The van der Waals surface area contributed by atoms with Crippen LogP contribution in [0.5, 0.6) is 0 Å². The number of amides is 1. The summed E-state index contributed by atoms with van der Waals surface area (Å²) in [5, 5.41) is 2.56. The van der Waals surface area contributed by atoms with E-state index in [9.17, 15) is 13.6 Å². The molecule has 0 radical (unpaired) electrons. The molecule has 1 saturated carbocycles. The quantitative estimate of drug-likeness (QED) is 0.899. The minimum absolute atomic E-state index is 0. The average molecular weight is 291 g/mol. The van der Waals surface area contributed by atoms with Crippen LogP contribution in [0, 0.1) is 17.6 Å². The minimum Gasteiger partial charge on any atom is -0.327 e. The first-order chi connectivity index (χ1) is 8.56. The van der Waals surface area contributed by atoms with Gasteiger partial charge in [-0.25, -0.2) is 8.78 Å². The number of hydrogen-bond acceptors (Lipinski definition) is 2. The molecule has 0 bridgehead atoms. The summed E-state index contributed by atoms with van der Waals surface area (Å²) in [6, 6.07) is 3.37. The Morgan fingerprint density at radius 1 is 1.32 bits per heavy atom. The van der Waals surface area contributed by atoms with Crippen molar-refractivity contribution in [1.29, 1.82) is 0 Å². The van der Waals surface area contributed by atoms with E-state index in [0.717, 1.165) is 31.4 Å². The van der Waals surface area contributed by atoms with E-state index in [1.165, 1.54) is 6.07 Å². The van der Waals surface area contributed by atoms with Gasteiger partial charge in [-0.3, -0.25) is 4.79 Å². The molecular weight excluding hydrogens is 274 g/mol. The Kier molecular flexibility index (Phi) is 5.69. The van der Waals surface area contributed by atoms with E-state index in [2.05, 4.69) is 5.32 Å². The van der Waals surface area contributed by atoms with Crippen LogP contribution in [0.1, 0.15) is 25.7 Å². The molecule has 1 aliphatic rings. The Morgan fingerprint density at radius 2 is 2.05 bits per heavy atom. The first-order valence-corrected chi connectivity index (χ1v) is 6.07. The second-order valence-corrected chi connectivity index (χ2v) is 4.74. The summed E-state index contributed by atoms with van der Waals surface area (Å²) >= 11 is 0. The van der Waals surface area contributed by atoms with Crippen LogP contribution in [0.15, 0.2) is 18.2 Å². The van der Waals surface area contributed by atoms with Gasteiger partial charge < -0.3 is 11.1 Å². The fourth-order valence-electron chi connectivity index (χ4n) is 2.34. The zero-order chi connectivity index (χ0) is 13.1. The molecule has 1 aromatic rings. The molecule has 0 aliphatic heterocycles. The summed E-state index contributed by atoms with van der Waals surface area (Å²) in [4.78, 5) is 11.7. The maximum atomic E-state index is 13.0. The number of nitrogens with one attached hydrogen (secondary N) is 1. The van der Waals surface area contributed by atoms with Crippen LogP contribution in [0.2, 0.25) is 0 Å². The summed E-state index contributed by atoms with van der Waals surface area (Å²) in [7, 11) is 0. The van der Waals surface area contributed by atoms with Gasteiger partial charge in [0.05, 0.1) is 0 Å². The molecule has 6 heteroatoms. The van der Waals surface area contributed by atoms with Crippen molar-refractivity contribution in [3.8, 4) is 0 Å². The molecular formula is C13H17ClF2N2O. The molecule has 0 unspecified atom stereocenters. The van der Waals surface area contributed by atoms with E-state index >= 15 is 0 Å². The van der Waals surface area contributed by atoms with Crippen LogP contribution in [0.3, 0.4) is 0 Å². The van der Waals surface area contributed by atoms with Gasteiger partial charge in [0.25, 0.3) is 0 Å².